The largest absolute Gasteiger partial charge is 0.503 e. The van der Waals surface area contributed by atoms with Gasteiger partial charge in [0.15, 0.2) is 11.5 Å². The van der Waals surface area contributed by atoms with E-state index in [4.69, 9.17) is 4.74 Å². The van der Waals surface area contributed by atoms with Crippen molar-refractivity contribution in [2.24, 2.45) is 0 Å². The van der Waals surface area contributed by atoms with Gasteiger partial charge in [-0.25, -0.2) is 0 Å². The van der Waals surface area contributed by atoms with Crippen molar-refractivity contribution in [3.8, 4) is 0 Å². The summed E-state index contributed by atoms with van der Waals surface area (Å²) >= 11 is 0. The lowest BCUT2D eigenvalue weighted by atomic mass is 9.97. The number of Topliss-reactive ketones (excluding diaryl/α,β-unsaturated/α-hetero) is 1. The van der Waals surface area contributed by atoms with E-state index in [0.717, 1.165) is 4.90 Å². The molecule has 0 aromatic heterocycles. The van der Waals surface area contributed by atoms with Crippen molar-refractivity contribution >= 4 is 17.7 Å². The second-order valence-electron chi connectivity index (χ2n) is 4.87. The van der Waals surface area contributed by atoms with Crippen LogP contribution in [0.4, 0.5) is 0 Å². The lowest BCUT2D eigenvalue weighted by Crippen LogP contribution is -2.36. The smallest absolute Gasteiger partial charge is 0.325 e. The molecule has 0 spiro atoms. The molecule has 116 valence electrons. The van der Waals surface area contributed by atoms with Gasteiger partial charge in [0.1, 0.15) is 6.54 Å². The summed E-state index contributed by atoms with van der Waals surface area (Å²) in [4.78, 5) is 36.9. The van der Waals surface area contributed by atoms with E-state index in [0.29, 0.717) is 5.56 Å². The summed E-state index contributed by atoms with van der Waals surface area (Å²) in [5, 5.41) is 9.99. The summed E-state index contributed by atoms with van der Waals surface area (Å²) in [6.45, 7) is 2.81. The molecule has 0 radical (unpaired) electrons. The number of hydrogen-bond donors (Lipinski definition) is 1. The summed E-state index contributed by atoms with van der Waals surface area (Å²) < 4.78 is 4.85. The molecule has 1 aliphatic heterocycles. The van der Waals surface area contributed by atoms with Crippen molar-refractivity contribution in [1.29, 1.82) is 0 Å². The van der Waals surface area contributed by atoms with E-state index in [-0.39, 0.29) is 18.7 Å². The van der Waals surface area contributed by atoms with Crippen LogP contribution in [0.2, 0.25) is 0 Å². The van der Waals surface area contributed by atoms with Gasteiger partial charge in [-0.05, 0) is 19.4 Å². The maximum Gasteiger partial charge on any atom is 0.325 e. The summed E-state index contributed by atoms with van der Waals surface area (Å²) in [7, 11) is 0. The Bertz CT molecular complexity index is 635. The van der Waals surface area contributed by atoms with Crippen molar-refractivity contribution in [1.82, 2.24) is 4.90 Å². The van der Waals surface area contributed by atoms with Gasteiger partial charge in [0.2, 0.25) is 0 Å². The zero-order chi connectivity index (χ0) is 16.3. The number of aliphatic hydroxyl groups excluding tert-OH is 1. The highest BCUT2D eigenvalue weighted by Crippen LogP contribution is 2.37. The Hall–Kier alpha value is -2.63. The number of benzene rings is 1. The molecule has 1 N–H and O–H groups in total. The van der Waals surface area contributed by atoms with Crippen LogP contribution in [-0.2, 0) is 19.1 Å². The highest BCUT2D eigenvalue weighted by Gasteiger charge is 2.43. The van der Waals surface area contributed by atoms with Crippen LogP contribution in [0.1, 0.15) is 25.5 Å². The number of esters is 1. The third-order valence-electron chi connectivity index (χ3n) is 3.40. The van der Waals surface area contributed by atoms with Gasteiger partial charge in [-0.1, -0.05) is 30.3 Å². The molecule has 1 heterocycles. The van der Waals surface area contributed by atoms with E-state index in [1.54, 1.807) is 37.3 Å². The average molecular weight is 303 g/mol. The second-order valence-corrected chi connectivity index (χ2v) is 4.87. The Labute approximate surface area is 128 Å². The van der Waals surface area contributed by atoms with E-state index >= 15 is 0 Å². The van der Waals surface area contributed by atoms with E-state index in [2.05, 4.69) is 0 Å². The lowest BCUT2D eigenvalue weighted by molar-refractivity contribution is -0.148. The third-order valence-corrected chi connectivity index (χ3v) is 3.40. The molecule has 0 fully saturated rings. The van der Waals surface area contributed by atoms with E-state index in [1.807, 2.05) is 0 Å². The van der Waals surface area contributed by atoms with Crippen molar-refractivity contribution in [2.45, 2.75) is 19.9 Å². The molecule has 0 saturated heterocycles. The highest BCUT2D eigenvalue weighted by molar-refractivity contribution is 6.08. The van der Waals surface area contributed by atoms with E-state index in [9.17, 15) is 19.5 Å². The number of ether oxygens (including phenoxy) is 1. The first-order valence-electron chi connectivity index (χ1n) is 6.93. The van der Waals surface area contributed by atoms with Crippen LogP contribution in [0.25, 0.3) is 0 Å². The number of rotatable bonds is 5. The van der Waals surface area contributed by atoms with Gasteiger partial charge < -0.3 is 14.7 Å². The maximum absolute atomic E-state index is 12.2. The molecule has 6 heteroatoms. The maximum atomic E-state index is 12.2. The Balaban J connectivity index is 2.42. The van der Waals surface area contributed by atoms with Crippen LogP contribution in [0.3, 0.4) is 0 Å². The zero-order valence-corrected chi connectivity index (χ0v) is 12.4. The Kier molecular flexibility index (Phi) is 4.60. The molecule has 2 rings (SSSR count). The molecule has 0 bridgehead atoms. The average Bonchev–Trinajstić information content (AvgIpc) is 2.73. The summed E-state index contributed by atoms with van der Waals surface area (Å²) in [5.41, 5.74) is 0.648. The fourth-order valence-corrected chi connectivity index (χ4v) is 2.50. The minimum atomic E-state index is -0.782. The molecule has 1 aliphatic rings. The fourth-order valence-electron chi connectivity index (χ4n) is 2.50. The number of carbonyl (C=O) groups is 3. The van der Waals surface area contributed by atoms with Crippen molar-refractivity contribution in [3.63, 3.8) is 0 Å². The number of amides is 1. The zero-order valence-electron chi connectivity index (χ0n) is 12.4. The lowest BCUT2D eigenvalue weighted by Gasteiger charge is -2.25. The molecule has 1 aromatic rings. The monoisotopic (exact) mass is 303 g/mol. The standard InChI is InChI=1S/C16H17NO5/c1-3-22-12(19)9-17-14(11-7-5-4-6-8-11)13(10(2)18)15(20)16(17)21/h4-8,14,20H,3,9H2,1-2H3/t14-/m0/s1. The van der Waals surface area contributed by atoms with Gasteiger partial charge in [0.25, 0.3) is 5.91 Å². The van der Waals surface area contributed by atoms with Gasteiger partial charge in [-0.2, -0.15) is 0 Å². The minimum Gasteiger partial charge on any atom is -0.503 e. The summed E-state index contributed by atoms with van der Waals surface area (Å²) in [6.07, 6.45) is 0. The summed E-state index contributed by atoms with van der Waals surface area (Å²) in [5.74, 6) is -2.35. The number of carbonyl (C=O) groups excluding carboxylic acids is 3. The molecule has 1 atom stereocenters. The first kappa shape index (κ1) is 15.8. The number of nitrogens with zero attached hydrogens (tertiary/aromatic N) is 1. The molecule has 0 saturated carbocycles. The fraction of sp³-hybridized carbons (Fsp3) is 0.312. The van der Waals surface area contributed by atoms with Gasteiger partial charge in [-0.3, -0.25) is 14.4 Å². The molecular weight excluding hydrogens is 286 g/mol. The quantitative estimate of drug-likeness (QED) is 0.834. The van der Waals surface area contributed by atoms with Crippen LogP contribution in [0.15, 0.2) is 41.7 Å². The Morgan fingerprint density at radius 1 is 1.27 bits per heavy atom. The second kappa shape index (κ2) is 6.43. The predicted molar refractivity (Wildman–Crippen MR) is 77.9 cm³/mol. The first-order valence-corrected chi connectivity index (χ1v) is 6.93. The molecular formula is C16H17NO5. The van der Waals surface area contributed by atoms with Gasteiger partial charge in [0, 0.05) is 0 Å². The molecule has 0 unspecified atom stereocenters. The molecule has 0 aliphatic carbocycles. The van der Waals surface area contributed by atoms with Gasteiger partial charge in [-0.15, -0.1) is 0 Å². The Morgan fingerprint density at radius 2 is 1.91 bits per heavy atom. The van der Waals surface area contributed by atoms with Crippen LogP contribution < -0.4 is 0 Å². The van der Waals surface area contributed by atoms with Crippen molar-refractivity contribution in [3.05, 3.63) is 47.2 Å². The third kappa shape index (κ3) is 2.86. The van der Waals surface area contributed by atoms with E-state index < -0.39 is 29.5 Å². The van der Waals surface area contributed by atoms with Crippen molar-refractivity contribution in [2.75, 3.05) is 13.2 Å². The van der Waals surface area contributed by atoms with Crippen LogP contribution >= 0.6 is 0 Å². The van der Waals surface area contributed by atoms with Gasteiger partial charge in [0.05, 0.1) is 18.2 Å². The van der Waals surface area contributed by atoms with Crippen LogP contribution in [-0.4, -0.2) is 40.8 Å². The molecule has 1 aromatic carbocycles. The topological polar surface area (TPSA) is 83.9 Å². The molecule has 6 nitrogen and oxygen atoms in total. The Morgan fingerprint density at radius 3 is 2.45 bits per heavy atom. The number of ketones is 1. The van der Waals surface area contributed by atoms with Crippen LogP contribution in [0, 0.1) is 0 Å². The van der Waals surface area contributed by atoms with Crippen LogP contribution in [0.5, 0.6) is 0 Å². The summed E-state index contributed by atoms with van der Waals surface area (Å²) in [6, 6.07) is 8.00. The SMILES string of the molecule is CCOC(=O)CN1C(=O)C(O)=C(C(C)=O)[C@@H]1c1ccccc1. The molecule has 1 amide bonds. The number of aliphatic hydroxyl groups is 1. The highest BCUT2D eigenvalue weighted by atomic mass is 16.5. The first-order chi connectivity index (χ1) is 10.5. The minimum absolute atomic E-state index is 0.000462. The predicted octanol–water partition coefficient (Wildman–Crippen LogP) is 1.53. The van der Waals surface area contributed by atoms with E-state index in [1.165, 1.54) is 6.92 Å². The molecule has 22 heavy (non-hydrogen) atoms. The van der Waals surface area contributed by atoms with Gasteiger partial charge >= 0.3 is 5.97 Å². The van der Waals surface area contributed by atoms with Crippen molar-refractivity contribution < 1.29 is 24.2 Å². The normalized spacial score (nSPS) is 17.8. The number of hydrogen-bond acceptors (Lipinski definition) is 5.